The summed E-state index contributed by atoms with van der Waals surface area (Å²) in [4.78, 5) is 23.3. The van der Waals surface area contributed by atoms with Gasteiger partial charge in [-0.3, -0.25) is 20.2 Å². The van der Waals surface area contributed by atoms with E-state index in [0.29, 0.717) is 11.1 Å². The average Bonchev–Trinajstić information content (AvgIpc) is 2.27. The number of nitro benzene ring substituents is 2. The molecule has 7 heteroatoms. The second-order valence-corrected chi connectivity index (χ2v) is 3.50. The van der Waals surface area contributed by atoms with Crippen LogP contribution in [0, 0.1) is 33.7 Å². The first-order chi connectivity index (χ1) is 7.88. The Morgan fingerprint density at radius 1 is 1.29 bits per heavy atom. The first kappa shape index (κ1) is 12.6. The molecule has 0 spiro atoms. The summed E-state index contributed by atoms with van der Waals surface area (Å²) in [5.74, 6) is 0. The number of benzene rings is 1. The molecule has 0 fully saturated rings. The van der Waals surface area contributed by atoms with Gasteiger partial charge in [-0.1, -0.05) is 0 Å². The number of hydrogen-bond donors (Lipinski definition) is 0. The normalized spacial score (nSPS) is 11.6. The van der Waals surface area contributed by atoms with Crippen molar-refractivity contribution in [3.05, 3.63) is 54.9 Å². The Kier molecular flexibility index (Phi) is 3.38. The highest BCUT2D eigenvalue weighted by Gasteiger charge is 2.25. The van der Waals surface area contributed by atoms with Crippen LogP contribution in [-0.2, 0) is 0 Å². The summed E-state index contributed by atoms with van der Waals surface area (Å²) >= 11 is 0. The lowest BCUT2D eigenvalue weighted by Gasteiger charge is -2.05. The fraction of sp³-hybridized carbons (Fsp3) is 0.300. The van der Waals surface area contributed by atoms with Gasteiger partial charge in [-0.15, -0.1) is 0 Å². The molecule has 0 aromatic heterocycles. The van der Waals surface area contributed by atoms with Crippen molar-refractivity contribution in [1.82, 2.24) is 0 Å². The highest BCUT2D eigenvalue weighted by atomic mass is 16.6. The lowest BCUT2D eigenvalue weighted by atomic mass is 10.0. The molecule has 0 saturated heterocycles. The van der Waals surface area contributed by atoms with Gasteiger partial charge in [0, 0.05) is 24.1 Å². The highest BCUT2D eigenvalue weighted by Crippen LogP contribution is 2.32. The van der Waals surface area contributed by atoms with E-state index in [-0.39, 0.29) is 11.4 Å². The Morgan fingerprint density at radius 3 is 2.29 bits per heavy atom. The molecule has 0 aliphatic carbocycles. The monoisotopic (exact) mass is 235 g/mol. The number of hydrogen-bond acceptors (Lipinski definition) is 4. The second kappa shape index (κ2) is 4.57. The van der Waals surface area contributed by atoms with Crippen molar-refractivity contribution in [2.24, 2.45) is 0 Å². The predicted octanol–water partition coefficient (Wildman–Crippen LogP) is 2.79. The van der Waals surface area contributed by atoms with Crippen LogP contribution in [0.3, 0.4) is 0 Å². The smallest absolute Gasteiger partial charge is 0.279 e. The Morgan fingerprint density at radius 2 is 1.88 bits per heavy atom. The maximum atomic E-state index is 10.8. The summed E-state index contributed by atoms with van der Waals surface area (Å²) in [5, 5.41) is 21.4. The molecule has 1 unspecified atom stereocenters. The summed E-state index contributed by atoms with van der Waals surface area (Å²) in [6.07, 6.45) is 0. The van der Waals surface area contributed by atoms with Crippen molar-refractivity contribution in [3.63, 3.8) is 0 Å². The van der Waals surface area contributed by atoms with Gasteiger partial charge in [0.2, 0.25) is 6.04 Å². The minimum Gasteiger partial charge on any atom is -0.309 e. The Labute approximate surface area is 96.8 Å². The molecule has 0 aliphatic rings. The number of rotatable bonds is 3. The van der Waals surface area contributed by atoms with Crippen molar-refractivity contribution in [1.29, 1.82) is 0 Å². The molecule has 0 saturated carbocycles. The maximum absolute atomic E-state index is 10.8. The van der Waals surface area contributed by atoms with Gasteiger partial charge in [-0.05, 0) is 6.92 Å². The number of nitro groups is 2. The molecule has 0 aliphatic heterocycles. The van der Waals surface area contributed by atoms with E-state index in [9.17, 15) is 20.2 Å². The SMILES string of the molecule is [C-]#[N+]C(C)c1cc([N+](=O)[O-])cc([N+](=O)[O-])c1C. The van der Waals surface area contributed by atoms with E-state index in [2.05, 4.69) is 4.85 Å². The van der Waals surface area contributed by atoms with Crippen LogP contribution in [0.25, 0.3) is 4.85 Å². The van der Waals surface area contributed by atoms with Gasteiger partial charge in [0.05, 0.1) is 15.9 Å². The largest absolute Gasteiger partial charge is 0.309 e. The van der Waals surface area contributed by atoms with E-state index in [0.717, 1.165) is 6.07 Å². The maximum Gasteiger partial charge on any atom is 0.279 e. The van der Waals surface area contributed by atoms with E-state index in [1.807, 2.05) is 0 Å². The van der Waals surface area contributed by atoms with Crippen molar-refractivity contribution in [3.8, 4) is 0 Å². The quantitative estimate of drug-likeness (QED) is 0.457. The molecule has 0 amide bonds. The number of nitrogens with zero attached hydrogens (tertiary/aromatic N) is 3. The Balaban J connectivity index is 3.55. The Hall–Kier alpha value is -2.49. The van der Waals surface area contributed by atoms with Gasteiger partial charge >= 0.3 is 0 Å². The molecule has 1 aromatic carbocycles. The van der Waals surface area contributed by atoms with E-state index < -0.39 is 15.9 Å². The Bertz CT molecular complexity index is 533. The van der Waals surface area contributed by atoms with Gasteiger partial charge in [0.25, 0.3) is 11.4 Å². The summed E-state index contributed by atoms with van der Waals surface area (Å²) < 4.78 is 0. The number of non-ortho nitro benzene ring substituents is 1. The highest BCUT2D eigenvalue weighted by molar-refractivity contribution is 5.54. The van der Waals surface area contributed by atoms with Gasteiger partial charge in [0.1, 0.15) is 0 Å². The fourth-order valence-electron chi connectivity index (χ4n) is 1.50. The third-order valence-corrected chi connectivity index (χ3v) is 2.46. The zero-order chi connectivity index (χ0) is 13.2. The van der Waals surface area contributed by atoms with Gasteiger partial charge in [-0.25, -0.2) is 6.57 Å². The lowest BCUT2D eigenvalue weighted by molar-refractivity contribution is -0.394. The van der Waals surface area contributed by atoms with E-state index in [4.69, 9.17) is 6.57 Å². The minimum atomic E-state index is -0.702. The van der Waals surface area contributed by atoms with Gasteiger partial charge in [0.15, 0.2) is 0 Å². The first-order valence-corrected chi connectivity index (χ1v) is 4.68. The fourth-order valence-corrected chi connectivity index (χ4v) is 1.50. The molecule has 1 rings (SSSR count). The average molecular weight is 235 g/mol. The van der Waals surface area contributed by atoms with E-state index in [1.54, 1.807) is 6.92 Å². The van der Waals surface area contributed by atoms with Crippen molar-refractivity contribution >= 4 is 11.4 Å². The zero-order valence-corrected chi connectivity index (χ0v) is 9.21. The summed E-state index contributed by atoms with van der Waals surface area (Å²) in [5.41, 5.74) is -0.0810. The molecule has 0 radical (unpaired) electrons. The first-order valence-electron chi connectivity index (χ1n) is 4.68. The van der Waals surface area contributed by atoms with E-state index in [1.165, 1.54) is 13.0 Å². The zero-order valence-electron chi connectivity index (χ0n) is 9.21. The second-order valence-electron chi connectivity index (χ2n) is 3.50. The third-order valence-electron chi connectivity index (χ3n) is 2.46. The molecule has 0 N–H and O–H groups in total. The van der Waals surface area contributed by atoms with Crippen LogP contribution in [0.15, 0.2) is 12.1 Å². The molecule has 0 bridgehead atoms. The van der Waals surface area contributed by atoms with Crippen LogP contribution in [0.4, 0.5) is 11.4 Å². The summed E-state index contributed by atoms with van der Waals surface area (Å²) in [6.45, 7) is 9.91. The molecule has 0 heterocycles. The van der Waals surface area contributed by atoms with Crippen molar-refractivity contribution in [2.45, 2.75) is 19.9 Å². The van der Waals surface area contributed by atoms with Crippen LogP contribution in [-0.4, -0.2) is 9.85 Å². The van der Waals surface area contributed by atoms with Crippen LogP contribution >= 0.6 is 0 Å². The third kappa shape index (κ3) is 2.36. The van der Waals surface area contributed by atoms with Crippen LogP contribution in [0.2, 0.25) is 0 Å². The topological polar surface area (TPSA) is 90.6 Å². The molecule has 88 valence electrons. The minimum absolute atomic E-state index is 0.295. The molecule has 17 heavy (non-hydrogen) atoms. The van der Waals surface area contributed by atoms with Gasteiger partial charge in [-0.2, -0.15) is 0 Å². The molecular weight excluding hydrogens is 226 g/mol. The van der Waals surface area contributed by atoms with Crippen LogP contribution < -0.4 is 0 Å². The molecule has 1 atom stereocenters. The van der Waals surface area contributed by atoms with Crippen LogP contribution in [0.5, 0.6) is 0 Å². The molecule has 1 aromatic rings. The van der Waals surface area contributed by atoms with Crippen molar-refractivity contribution < 1.29 is 9.85 Å². The summed E-state index contributed by atoms with van der Waals surface area (Å²) in [7, 11) is 0. The molecule has 7 nitrogen and oxygen atoms in total. The van der Waals surface area contributed by atoms with E-state index >= 15 is 0 Å². The lowest BCUT2D eigenvalue weighted by Crippen LogP contribution is -2.01. The standard InChI is InChI=1S/C10H9N3O4/c1-6-9(7(2)11-3)4-8(12(14)15)5-10(6)13(16)17/h4-5,7H,1-2H3. The van der Waals surface area contributed by atoms with Crippen molar-refractivity contribution in [2.75, 3.05) is 0 Å². The van der Waals surface area contributed by atoms with Crippen LogP contribution in [0.1, 0.15) is 24.1 Å². The van der Waals surface area contributed by atoms with Gasteiger partial charge < -0.3 is 4.85 Å². The molecular formula is C10H9N3O4. The predicted molar refractivity (Wildman–Crippen MR) is 59.5 cm³/mol. The summed E-state index contributed by atoms with van der Waals surface area (Å²) in [6, 6.07) is 1.48.